The predicted molar refractivity (Wildman–Crippen MR) is 78.1 cm³/mol. The van der Waals surface area contributed by atoms with Gasteiger partial charge in [0, 0.05) is 11.6 Å². The van der Waals surface area contributed by atoms with E-state index in [1.165, 1.54) is 0 Å². The van der Waals surface area contributed by atoms with E-state index >= 15 is 0 Å². The second kappa shape index (κ2) is 6.53. The molecule has 100 valence electrons. The largest absolute Gasteiger partial charge is 0.368 e. The molecule has 2 aromatic rings. The third-order valence-corrected chi connectivity index (χ3v) is 3.02. The molecule has 0 saturated heterocycles. The summed E-state index contributed by atoms with van der Waals surface area (Å²) >= 11 is 0. The van der Waals surface area contributed by atoms with E-state index in [0.29, 0.717) is 5.56 Å². The lowest BCUT2D eigenvalue weighted by Crippen LogP contribution is -2.18. The van der Waals surface area contributed by atoms with Crippen LogP contribution in [0.2, 0.25) is 0 Å². The van der Waals surface area contributed by atoms with E-state index in [-0.39, 0.29) is 11.7 Å². The molecule has 0 aliphatic carbocycles. The first kappa shape index (κ1) is 13.8. The minimum atomic E-state index is -0.532. The van der Waals surface area contributed by atoms with Crippen LogP contribution in [0.5, 0.6) is 0 Å². The quantitative estimate of drug-likeness (QED) is 0.842. The average molecular weight is 266 g/mol. The number of nitrogens with one attached hydrogen (secondary N) is 1. The van der Waals surface area contributed by atoms with Gasteiger partial charge < -0.3 is 5.32 Å². The fraction of sp³-hybridized carbons (Fsp3) is 0.118. The molecular weight excluding hydrogens is 251 g/mol. The van der Waals surface area contributed by atoms with E-state index in [9.17, 15) is 4.39 Å². The molecule has 0 heterocycles. The zero-order valence-electron chi connectivity index (χ0n) is 11.2. The predicted octanol–water partition coefficient (Wildman–Crippen LogP) is 4.20. The van der Waals surface area contributed by atoms with Crippen LogP contribution in [0, 0.1) is 11.3 Å². The molecule has 3 heteroatoms. The van der Waals surface area contributed by atoms with Gasteiger partial charge in [0.15, 0.2) is 11.5 Å². The van der Waals surface area contributed by atoms with Crippen molar-refractivity contribution in [2.24, 2.45) is 0 Å². The maximum absolute atomic E-state index is 14.3. The van der Waals surface area contributed by atoms with Gasteiger partial charge in [-0.05, 0) is 12.5 Å². The van der Waals surface area contributed by atoms with Crippen LogP contribution in [-0.2, 0) is 0 Å². The van der Waals surface area contributed by atoms with Crippen LogP contribution < -0.4 is 5.32 Å². The third kappa shape index (κ3) is 3.24. The molecule has 0 unspecified atom stereocenters. The third-order valence-electron chi connectivity index (χ3n) is 3.02. The van der Waals surface area contributed by atoms with Crippen LogP contribution in [0.1, 0.15) is 24.1 Å². The summed E-state index contributed by atoms with van der Waals surface area (Å²) < 4.78 is 14.3. The van der Waals surface area contributed by atoms with Crippen molar-refractivity contribution in [2.75, 3.05) is 0 Å². The summed E-state index contributed by atoms with van der Waals surface area (Å²) in [5.41, 5.74) is 1.35. The van der Waals surface area contributed by atoms with Crippen LogP contribution >= 0.6 is 0 Å². The second-order valence-electron chi connectivity index (χ2n) is 4.44. The summed E-state index contributed by atoms with van der Waals surface area (Å²) in [4.78, 5) is 0. The molecule has 0 fully saturated rings. The van der Waals surface area contributed by atoms with Gasteiger partial charge in [0.1, 0.15) is 6.07 Å². The smallest absolute Gasteiger partial charge is 0.164 e. The van der Waals surface area contributed by atoms with Gasteiger partial charge in [-0.2, -0.15) is 5.26 Å². The average Bonchev–Trinajstić information content (AvgIpc) is 2.53. The van der Waals surface area contributed by atoms with Crippen molar-refractivity contribution in [1.82, 2.24) is 5.32 Å². The van der Waals surface area contributed by atoms with Gasteiger partial charge in [0.05, 0.1) is 0 Å². The van der Waals surface area contributed by atoms with Crippen molar-refractivity contribution in [3.8, 4) is 6.07 Å². The maximum Gasteiger partial charge on any atom is 0.164 e. The fourth-order valence-electron chi connectivity index (χ4n) is 1.92. The molecule has 0 aromatic heterocycles. The summed E-state index contributed by atoms with van der Waals surface area (Å²) in [6.45, 7) is 1.89. The highest BCUT2D eigenvalue weighted by Gasteiger charge is 2.12. The molecule has 0 aliphatic heterocycles. The Hall–Kier alpha value is -2.60. The van der Waals surface area contributed by atoms with Gasteiger partial charge in [-0.1, -0.05) is 60.7 Å². The second-order valence-corrected chi connectivity index (χ2v) is 4.44. The highest BCUT2D eigenvalue weighted by atomic mass is 19.1. The van der Waals surface area contributed by atoms with E-state index in [1.54, 1.807) is 24.3 Å². The first-order chi connectivity index (χ1) is 9.72. The van der Waals surface area contributed by atoms with E-state index in [4.69, 9.17) is 5.26 Å². The molecule has 1 atom stereocenters. The zero-order chi connectivity index (χ0) is 14.4. The molecule has 2 aromatic carbocycles. The molecule has 2 nitrogen and oxygen atoms in total. The Balaban J connectivity index is 2.24. The van der Waals surface area contributed by atoms with Crippen LogP contribution in [0.15, 0.2) is 66.4 Å². The number of allylic oxidation sites excluding steroid dienone is 1. The maximum atomic E-state index is 14.3. The Morgan fingerprint density at radius 2 is 1.60 bits per heavy atom. The van der Waals surface area contributed by atoms with Crippen LogP contribution in [0.4, 0.5) is 4.39 Å². The van der Waals surface area contributed by atoms with Crippen molar-refractivity contribution >= 4 is 5.83 Å². The molecule has 2 rings (SSSR count). The normalized spacial score (nSPS) is 13.1. The van der Waals surface area contributed by atoms with E-state index in [2.05, 4.69) is 5.32 Å². The monoisotopic (exact) mass is 266 g/mol. The number of rotatable bonds is 4. The molecule has 0 saturated carbocycles. The first-order valence-corrected chi connectivity index (χ1v) is 6.39. The standard InChI is InChI=1S/C17H15FN2/c1-13(14-8-4-2-5-9-14)20-16(12-19)17(18)15-10-6-3-7-11-15/h2-11,13,20H,1H3/b17-16+/t13-/m0/s1. The topological polar surface area (TPSA) is 35.8 Å². The Morgan fingerprint density at radius 1 is 1.05 bits per heavy atom. The number of hydrogen-bond donors (Lipinski definition) is 1. The van der Waals surface area contributed by atoms with Gasteiger partial charge in [0.25, 0.3) is 0 Å². The Kier molecular flexibility index (Phi) is 4.52. The summed E-state index contributed by atoms with van der Waals surface area (Å²) in [5, 5.41) is 12.1. The highest BCUT2D eigenvalue weighted by molar-refractivity contribution is 5.65. The molecule has 20 heavy (non-hydrogen) atoms. The van der Waals surface area contributed by atoms with E-state index < -0.39 is 5.83 Å². The van der Waals surface area contributed by atoms with Gasteiger partial charge in [0.2, 0.25) is 0 Å². The minimum Gasteiger partial charge on any atom is -0.368 e. The van der Waals surface area contributed by atoms with E-state index in [0.717, 1.165) is 5.56 Å². The highest BCUT2D eigenvalue weighted by Crippen LogP contribution is 2.21. The number of nitrogens with zero attached hydrogens (tertiary/aromatic N) is 1. The van der Waals surface area contributed by atoms with Crippen LogP contribution in [-0.4, -0.2) is 0 Å². The van der Waals surface area contributed by atoms with Crippen molar-refractivity contribution in [1.29, 1.82) is 5.26 Å². The number of halogens is 1. The SMILES string of the molecule is C[C@H](N/C(C#N)=C(/F)c1ccccc1)c1ccccc1. The molecule has 0 bridgehead atoms. The number of nitriles is 1. The summed E-state index contributed by atoms with van der Waals surface area (Å²) in [6, 6.07) is 19.9. The zero-order valence-corrected chi connectivity index (χ0v) is 11.2. The van der Waals surface area contributed by atoms with Gasteiger partial charge in [-0.15, -0.1) is 0 Å². The number of hydrogen-bond acceptors (Lipinski definition) is 2. The van der Waals surface area contributed by atoms with Crippen LogP contribution in [0.25, 0.3) is 5.83 Å². The van der Waals surface area contributed by atoms with Gasteiger partial charge >= 0.3 is 0 Å². The van der Waals surface area contributed by atoms with Crippen molar-refractivity contribution in [2.45, 2.75) is 13.0 Å². The Bertz CT molecular complexity index is 627. The molecule has 1 N–H and O–H groups in total. The lowest BCUT2D eigenvalue weighted by molar-refractivity contribution is 0.648. The molecule has 0 radical (unpaired) electrons. The lowest BCUT2D eigenvalue weighted by atomic mass is 10.1. The summed E-state index contributed by atoms with van der Waals surface area (Å²) in [7, 11) is 0. The van der Waals surface area contributed by atoms with Crippen molar-refractivity contribution < 1.29 is 4.39 Å². The van der Waals surface area contributed by atoms with E-state index in [1.807, 2.05) is 49.4 Å². The van der Waals surface area contributed by atoms with Gasteiger partial charge in [-0.3, -0.25) is 0 Å². The summed E-state index contributed by atoms with van der Waals surface area (Å²) in [6.07, 6.45) is 0. The molecule has 0 aliphatic rings. The van der Waals surface area contributed by atoms with Crippen LogP contribution in [0.3, 0.4) is 0 Å². The Morgan fingerprint density at radius 3 is 2.15 bits per heavy atom. The molecule has 0 amide bonds. The van der Waals surface area contributed by atoms with Gasteiger partial charge in [-0.25, -0.2) is 4.39 Å². The minimum absolute atomic E-state index is 0.0486. The lowest BCUT2D eigenvalue weighted by Gasteiger charge is -2.15. The van der Waals surface area contributed by atoms with Crippen molar-refractivity contribution in [3.63, 3.8) is 0 Å². The molecule has 0 spiro atoms. The van der Waals surface area contributed by atoms with Crippen molar-refractivity contribution in [3.05, 3.63) is 77.5 Å². The first-order valence-electron chi connectivity index (χ1n) is 6.39. The fourth-order valence-corrected chi connectivity index (χ4v) is 1.92. The summed E-state index contributed by atoms with van der Waals surface area (Å²) in [5.74, 6) is -0.532. The number of benzene rings is 2. The molecular formula is C17H15FN2. The Labute approximate surface area is 118 Å².